The Balaban J connectivity index is 1.92. The summed E-state index contributed by atoms with van der Waals surface area (Å²) in [5.41, 5.74) is 1.80. The molecule has 1 amide bonds. The van der Waals surface area contributed by atoms with E-state index in [0.29, 0.717) is 11.6 Å². The predicted octanol–water partition coefficient (Wildman–Crippen LogP) is 3.68. The molecular weight excluding hydrogens is 286 g/mol. The van der Waals surface area contributed by atoms with E-state index >= 15 is 0 Å². The Morgan fingerprint density at radius 1 is 1.24 bits per heavy atom. The summed E-state index contributed by atoms with van der Waals surface area (Å²) in [7, 11) is 1.61. The maximum Gasteiger partial charge on any atom is 0.244 e. The van der Waals surface area contributed by atoms with Gasteiger partial charge in [-0.1, -0.05) is 41.9 Å². The van der Waals surface area contributed by atoms with E-state index in [1.165, 1.54) is 6.08 Å². The van der Waals surface area contributed by atoms with E-state index in [9.17, 15) is 4.79 Å². The predicted molar refractivity (Wildman–Crippen MR) is 85.3 cm³/mol. The maximum atomic E-state index is 11.8. The molecule has 0 radical (unpaired) electrons. The zero-order valence-electron chi connectivity index (χ0n) is 11.7. The van der Waals surface area contributed by atoms with Crippen LogP contribution >= 0.6 is 11.6 Å². The summed E-state index contributed by atoms with van der Waals surface area (Å²) in [5, 5.41) is 3.44. The number of amides is 1. The van der Waals surface area contributed by atoms with Gasteiger partial charge in [0.05, 0.1) is 7.11 Å². The minimum atomic E-state index is -0.169. The van der Waals surface area contributed by atoms with Gasteiger partial charge in [-0.2, -0.15) is 0 Å². The first kappa shape index (κ1) is 15.1. The van der Waals surface area contributed by atoms with E-state index < -0.39 is 0 Å². The standard InChI is InChI=1S/C17H16ClNO2/c1-21-15-7-4-5-13(11-15)9-10-17(20)19-12-14-6-2-3-8-16(14)18/h2-11H,12H2,1H3,(H,19,20)/b10-9+. The van der Waals surface area contributed by atoms with Crippen molar-refractivity contribution >= 4 is 23.6 Å². The molecule has 0 unspecified atom stereocenters. The Kier molecular flexibility index (Phi) is 5.41. The fourth-order valence-electron chi connectivity index (χ4n) is 1.80. The highest BCUT2D eigenvalue weighted by atomic mass is 35.5. The molecule has 2 rings (SSSR count). The van der Waals surface area contributed by atoms with E-state index in [1.807, 2.05) is 42.5 Å². The normalized spacial score (nSPS) is 10.6. The Labute approximate surface area is 129 Å². The van der Waals surface area contributed by atoms with Gasteiger partial charge in [0.2, 0.25) is 5.91 Å². The third-order valence-corrected chi connectivity index (χ3v) is 3.30. The van der Waals surface area contributed by atoms with Crippen LogP contribution in [0.5, 0.6) is 5.75 Å². The maximum absolute atomic E-state index is 11.8. The molecule has 0 fully saturated rings. The van der Waals surface area contributed by atoms with Crippen molar-refractivity contribution in [3.8, 4) is 5.75 Å². The van der Waals surface area contributed by atoms with Crippen molar-refractivity contribution in [2.45, 2.75) is 6.54 Å². The van der Waals surface area contributed by atoms with Crippen molar-refractivity contribution in [1.82, 2.24) is 5.32 Å². The van der Waals surface area contributed by atoms with Crippen LogP contribution in [0.4, 0.5) is 0 Å². The highest BCUT2D eigenvalue weighted by Gasteiger charge is 2.00. The number of nitrogens with one attached hydrogen (secondary N) is 1. The van der Waals surface area contributed by atoms with Crippen LogP contribution in [0.1, 0.15) is 11.1 Å². The number of rotatable bonds is 5. The van der Waals surface area contributed by atoms with Crippen molar-refractivity contribution in [1.29, 1.82) is 0 Å². The van der Waals surface area contributed by atoms with Crippen molar-refractivity contribution in [3.63, 3.8) is 0 Å². The number of methoxy groups -OCH3 is 1. The van der Waals surface area contributed by atoms with E-state index in [2.05, 4.69) is 5.32 Å². The van der Waals surface area contributed by atoms with Crippen LogP contribution in [0.25, 0.3) is 6.08 Å². The molecule has 0 aromatic heterocycles. The van der Waals surface area contributed by atoms with Crippen LogP contribution in [0.2, 0.25) is 5.02 Å². The van der Waals surface area contributed by atoms with Crippen molar-refractivity contribution in [3.05, 3.63) is 70.8 Å². The first-order valence-corrected chi connectivity index (χ1v) is 6.90. The third kappa shape index (κ3) is 4.65. The fraction of sp³-hybridized carbons (Fsp3) is 0.118. The monoisotopic (exact) mass is 301 g/mol. The first-order valence-electron chi connectivity index (χ1n) is 6.52. The molecule has 0 saturated heterocycles. The second kappa shape index (κ2) is 7.50. The lowest BCUT2D eigenvalue weighted by Gasteiger charge is -2.04. The summed E-state index contributed by atoms with van der Waals surface area (Å²) in [6.45, 7) is 0.404. The van der Waals surface area contributed by atoms with Crippen molar-refractivity contribution in [2.75, 3.05) is 7.11 Å². The average molecular weight is 302 g/mol. The molecule has 21 heavy (non-hydrogen) atoms. The summed E-state index contributed by atoms with van der Waals surface area (Å²) < 4.78 is 5.13. The molecule has 0 aliphatic carbocycles. The molecule has 2 aromatic rings. The van der Waals surface area contributed by atoms with Gasteiger partial charge < -0.3 is 10.1 Å². The van der Waals surface area contributed by atoms with Gasteiger partial charge in [0.25, 0.3) is 0 Å². The lowest BCUT2D eigenvalue weighted by molar-refractivity contribution is -0.116. The third-order valence-electron chi connectivity index (χ3n) is 2.93. The lowest BCUT2D eigenvalue weighted by Crippen LogP contribution is -2.20. The van der Waals surface area contributed by atoms with Gasteiger partial charge >= 0.3 is 0 Å². The summed E-state index contributed by atoms with van der Waals surface area (Å²) in [6, 6.07) is 14.9. The molecule has 0 heterocycles. The zero-order valence-corrected chi connectivity index (χ0v) is 12.4. The van der Waals surface area contributed by atoms with Crippen LogP contribution < -0.4 is 10.1 Å². The van der Waals surface area contributed by atoms with Gasteiger partial charge in [-0.05, 0) is 35.4 Å². The van der Waals surface area contributed by atoms with E-state index in [0.717, 1.165) is 16.9 Å². The van der Waals surface area contributed by atoms with Gasteiger partial charge in [-0.25, -0.2) is 0 Å². The van der Waals surface area contributed by atoms with Crippen LogP contribution in [0.3, 0.4) is 0 Å². The van der Waals surface area contributed by atoms with E-state index in [4.69, 9.17) is 16.3 Å². The molecule has 3 nitrogen and oxygen atoms in total. The van der Waals surface area contributed by atoms with Gasteiger partial charge in [0.15, 0.2) is 0 Å². The molecule has 4 heteroatoms. The quantitative estimate of drug-likeness (QED) is 0.856. The lowest BCUT2D eigenvalue weighted by atomic mass is 10.2. The smallest absolute Gasteiger partial charge is 0.244 e. The highest BCUT2D eigenvalue weighted by molar-refractivity contribution is 6.31. The molecule has 2 aromatic carbocycles. The van der Waals surface area contributed by atoms with Crippen molar-refractivity contribution < 1.29 is 9.53 Å². The van der Waals surface area contributed by atoms with Crippen LogP contribution in [-0.2, 0) is 11.3 Å². The number of hydrogen-bond donors (Lipinski definition) is 1. The second-order valence-electron chi connectivity index (χ2n) is 4.42. The Bertz CT molecular complexity index is 653. The molecule has 108 valence electrons. The number of carbonyl (C=O) groups is 1. The molecule has 0 aliphatic rings. The van der Waals surface area contributed by atoms with Crippen LogP contribution in [0, 0.1) is 0 Å². The second-order valence-corrected chi connectivity index (χ2v) is 4.83. The Hall–Kier alpha value is -2.26. The molecule has 0 aliphatic heterocycles. The summed E-state index contributed by atoms with van der Waals surface area (Å²) in [5.74, 6) is 0.589. The van der Waals surface area contributed by atoms with E-state index in [1.54, 1.807) is 19.3 Å². The minimum Gasteiger partial charge on any atom is -0.497 e. The van der Waals surface area contributed by atoms with Crippen LogP contribution in [0.15, 0.2) is 54.6 Å². The summed E-state index contributed by atoms with van der Waals surface area (Å²) in [4.78, 5) is 11.8. The molecule has 0 bridgehead atoms. The number of benzene rings is 2. The summed E-state index contributed by atoms with van der Waals surface area (Å²) in [6.07, 6.45) is 3.23. The molecule has 0 saturated carbocycles. The topological polar surface area (TPSA) is 38.3 Å². The van der Waals surface area contributed by atoms with E-state index in [-0.39, 0.29) is 5.91 Å². The Morgan fingerprint density at radius 3 is 2.81 bits per heavy atom. The number of halogens is 1. The molecule has 1 N–H and O–H groups in total. The van der Waals surface area contributed by atoms with Crippen molar-refractivity contribution in [2.24, 2.45) is 0 Å². The Morgan fingerprint density at radius 2 is 2.05 bits per heavy atom. The number of hydrogen-bond acceptors (Lipinski definition) is 2. The zero-order chi connectivity index (χ0) is 15.1. The number of carbonyl (C=O) groups excluding carboxylic acids is 1. The fourth-order valence-corrected chi connectivity index (χ4v) is 2.00. The SMILES string of the molecule is COc1cccc(/C=C/C(=O)NCc2ccccc2Cl)c1. The minimum absolute atomic E-state index is 0.169. The molecular formula is C17H16ClNO2. The van der Waals surface area contributed by atoms with Gasteiger partial charge in [-0.3, -0.25) is 4.79 Å². The van der Waals surface area contributed by atoms with Crippen LogP contribution in [-0.4, -0.2) is 13.0 Å². The van der Waals surface area contributed by atoms with Gasteiger partial charge in [-0.15, -0.1) is 0 Å². The molecule has 0 atom stereocenters. The average Bonchev–Trinajstić information content (AvgIpc) is 2.52. The number of ether oxygens (including phenoxy) is 1. The largest absolute Gasteiger partial charge is 0.497 e. The first-order chi connectivity index (χ1) is 10.2. The van der Waals surface area contributed by atoms with Gasteiger partial charge in [0.1, 0.15) is 5.75 Å². The summed E-state index contributed by atoms with van der Waals surface area (Å²) >= 11 is 6.03. The molecule has 0 spiro atoms. The highest BCUT2D eigenvalue weighted by Crippen LogP contribution is 2.15. The van der Waals surface area contributed by atoms with Gasteiger partial charge in [0, 0.05) is 17.6 Å².